The van der Waals surface area contributed by atoms with Crippen LogP contribution in [-0.4, -0.2) is 35.6 Å². The van der Waals surface area contributed by atoms with E-state index < -0.39 is 5.41 Å². The summed E-state index contributed by atoms with van der Waals surface area (Å²) in [6, 6.07) is 11.0. The average molecular weight is 444 g/mol. The lowest BCUT2D eigenvalue weighted by molar-refractivity contribution is -0.119. The molecule has 7 heteroatoms. The van der Waals surface area contributed by atoms with Gasteiger partial charge >= 0.3 is 0 Å². The van der Waals surface area contributed by atoms with Crippen LogP contribution in [0, 0.1) is 5.82 Å². The fourth-order valence-electron chi connectivity index (χ4n) is 4.72. The van der Waals surface area contributed by atoms with E-state index in [4.69, 9.17) is 4.52 Å². The molecule has 1 fully saturated rings. The molecule has 31 heavy (non-hydrogen) atoms. The van der Waals surface area contributed by atoms with Crippen LogP contribution in [0.25, 0.3) is 11.0 Å². The quantitative estimate of drug-likeness (QED) is 0.613. The van der Waals surface area contributed by atoms with Gasteiger partial charge in [-0.3, -0.25) is 4.79 Å². The van der Waals surface area contributed by atoms with Crippen molar-refractivity contribution in [3.63, 3.8) is 0 Å². The van der Waals surface area contributed by atoms with Crippen LogP contribution in [0.2, 0.25) is 0 Å². The van der Waals surface area contributed by atoms with Gasteiger partial charge in [0.1, 0.15) is 5.82 Å². The average Bonchev–Trinajstić information content (AvgIpc) is 3.25. The molecule has 3 heterocycles. The number of fused-ring (bicyclic) bond motifs is 2. The van der Waals surface area contributed by atoms with Crippen LogP contribution in [0.3, 0.4) is 0 Å². The molecule has 0 radical (unpaired) electrons. The number of aromatic nitrogens is 1. The first-order valence-corrected chi connectivity index (χ1v) is 10.6. The predicted octanol–water partition coefficient (Wildman–Crippen LogP) is 5.04. The smallest absolute Gasteiger partial charge is 0.234 e. The summed E-state index contributed by atoms with van der Waals surface area (Å²) in [6.45, 7) is 6.97. The number of nitrogens with one attached hydrogen (secondary N) is 1. The highest BCUT2D eigenvalue weighted by Crippen LogP contribution is 2.38. The number of piperidine rings is 1. The maximum Gasteiger partial charge on any atom is 0.234 e. The Morgan fingerprint density at radius 2 is 1.97 bits per heavy atom. The van der Waals surface area contributed by atoms with Crippen molar-refractivity contribution in [1.82, 2.24) is 10.1 Å². The molecule has 1 amide bonds. The van der Waals surface area contributed by atoms with Gasteiger partial charge in [0.05, 0.1) is 11.1 Å². The molecule has 2 aromatic carbocycles. The van der Waals surface area contributed by atoms with Crippen LogP contribution in [0.4, 0.5) is 10.1 Å². The molecule has 5 rings (SSSR count). The number of halogens is 2. The maximum atomic E-state index is 13.4. The van der Waals surface area contributed by atoms with Crippen molar-refractivity contribution in [3.8, 4) is 0 Å². The normalized spacial score (nSPS) is 18.6. The van der Waals surface area contributed by atoms with Gasteiger partial charge in [0.15, 0.2) is 5.58 Å². The monoisotopic (exact) mass is 443 g/mol. The third kappa shape index (κ3) is 3.94. The molecule has 0 unspecified atom stereocenters. The molecule has 0 saturated carbocycles. The molecule has 0 aliphatic carbocycles. The first kappa shape index (κ1) is 21.8. The Morgan fingerprint density at radius 3 is 2.74 bits per heavy atom. The van der Waals surface area contributed by atoms with E-state index in [0.717, 1.165) is 61.2 Å². The number of benzene rings is 2. The second-order valence-corrected chi connectivity index (χ2v) is 9.03. The van der Waals surface area contributed by atoms with Crippen molar-refractivity contribution in [3.05, 3.63) is 59.0 Å². The molecule has 1 saturated heterocycles. The Kier molecular flexibility index (Phi) is 5.79. The van der Waals surface area contributed by atoms with Crippen LogP contribution in [-0.2, 0) is 16.6 Å². The minimum atomic E-state index is -0.465. The molecule has 2 aliphatic rings. The molecule has 0 atom stereocenters. The number of amides is 1. The number of nitrogens with zero attached hydrogens (tertiary/aromatic N) is 2. The Hall–Kier alpha value is -2.44. The first-order chi connectivity index (χ1) is 14.4. The van der Waals surface area contributed by atoms with Gasteiger partial charge in [0.25, 0.3) is 0 Å². The Labute approximate surface area is 187 Å². The minimum Gasteiger partial charge on any atom is -0.356 e. The zero-order chi connectivity index (χ0) is 20.9. The number of carbonyl (C=O) groups is 1. The number of carbonyl (C=O) groups excluding carboxylic acids is 1. The van der Waals surface area contributed by atoms with Gasteiger partial charge in [-0.1, -0.05) is 17.3 Å². The predicted molar refractivity (Wildman–Crippen MR) is 121 cm³/mol. The number of rotatable bonds is 4. The Balaban J connectivity index is 0.00000231. The van der Waals surface area contributed by atoms with Crippen molar-refractivity contribution < 1.29 is 13.7 Å². The number of hydrogen-bond donors (Lipinski definition) is 1. The summed E-state index contributed by atoms with van der Waals surface area (Å²) >= 11 is 0. The van der Waals surface area contributed by atoms with E-state index in [1.807, 2.05) is 19.9 Å². The van der Waals surface area contributed by atoms with Gasteiger partial charge in [-0.25, -0.2) is 4.39 Å². The Morgan fingerprint density at radius 1 is 1.19 bits per heavy atom. The van der Waals surface area contributed by atoms with E-state index in [1.165, 1.54) is 17.7 Å². The zero-order valence-electron chi connectivity index (χ0n) is 17.8. The summed E-state index contributed by atoms with van der Waals surface area (Å²) in [5, 5.41) is 8.14. The van der Waals surface area contributed by atoms with E-state index in [-0.39, 0.29) is 24.1 Å². The van der Waals surface area contributed by atoms with Crippen molar-refractivity contribution >= 4 is 35.0 Å². The van der Waals surface area contributed by atoms with Crippen LogP contribution in [0.5, 0.6) is 0 Å². The lowest BCUT2D eigenvalue weighted by atomic mass is 9.85. The summed E-state index contributed by atoms with van der Waals surface area (Å²) in [4.78, 5) is 14.6. The number of hydrogen-bond acceptors (Lipinski definition) is 4. The summed E-state index contributed by atoms with van der Waals surface area (Å²) in [5.74, 6) is 0.126. The molecule has 2 aliphatic heterocycles. The summed E-state index contributed by atoms with van der Waals surface area (Å²) in [7, 11) is 0. The van der Waals surface area contributed by atoms with Gasteiger partial charge in [0, 0.05) is 29.6 Å². The van der Waals surface area contributed by atoms with E-state index in [9.17, 15) is 9.18 Å². The van der Waals surface area contributed by atoms with E-state index in [1.54, 1.807) is 6.07 Å². The largest absolute Gasteiger partial charge is 0.356 e. The molecule has 5 nitrogen and oxygen atoms in total. The van der Waals surface area contributed by atoms with Crippen molar-refractivity contribution in [2.24, 2.45) is 0 Å². The fraction of sp³-hybridized carbons (Fsp3) is 0.417. The highest BCUT2D eigenvalue weighted by molar-refractivity contribution is 6.05. The minimum absolute atomic E-state index is 0. The van der Waals surface area contributed by atoms with Gasteiger partial charge in [-0.05, 0) is 75.5 Å². The molecular formula is C24H27ClFN3O2. The first-order valence-electron chi connectivity index (χ1n) is 10.6. The SMILES string of the molecule is CC1(C)C(=O)Nc2ccc(CCN3CCC(c4noc5cc(F)ccc45)CC3)cc21.Cl. The molecule has 3 aromatic rings. The van der Waals surface area contributed by atoms with Crippen molar-refractivity contribution in [2.75, 3.05) is 25.0 Å². The number of likely N-dealkylation sites (tertiary alicyclic amines) is 1. The molecule has 0 bridgehead atoms. The zero-order valence-corrected chi connectivity index (χ0v) is 18.6. The third-order valence-electron chi connectivity index (χ3n) is 6.73. The van der Waals surface area contributed by atoms with Crippen LogP contribution in [0.1, 0.15) is 49.4 Å². The third-order valence-corrected chi connectivity index (χ3v) is 6.73. The molecule has 0 spiro atoms. The molecule has 1 aromatic heterocycles. The van der Waals surface area contributed by atoms with Gasteiger partial charge in [-0.15, -0.1) is 12.4 Å². The number of anilines is 1. The summed E-state index contributed by atoms with van der Waals surface area (Å²) in [5.41, 5.74) is 4.33. The fourth-order valence-corrected chi connectivity index (χ4v) is 4.72. The molecule has 1 N–H and O–H groups in total. The van der Waals surface area contributed by atoms with Gasteiger partial charge in [-0.2, -0.15) is 0 Å². The van der Waals surface area contributed by atoms with Gasteiger partial charge in [0.2, 0.25) is 5.91 Å². The molecular weight excluding hydrogens is 417 g/mol. The van der Waals surface area contributed by atoms with E-state index in [0.29, 0.717) is 11.5 Å². The van der Waals surface area contributed by atoms with E-state index in [2.05, 4.69) is 27.5 Å². The topological polar surface area (TPSA) is 58.4 Å². The summed E-state index contributed by atoms with van der Waals surface area (Å²) < 4.78 is 18.7. The van der Waals surface area contributed by atoms with Crippen LogP contribution in [0.15, 0.2) is 40.9 Å². The second kappa shape index (κ2) is 8.24. The highest BCUT2D eigenvalue weighted by atomic mass is 35.5. The summed E-state index contributed by atoms with van der Waals surface area (Å²) in [6.07, 6.45) is 3.01. The van der Waals surface area contributed by atoms with Crippen LogP contribution >= 0.6 is 12.4 Å². The standard InChI is InChI=1S/C24H26FN3O2.ClH/c1-24(2)19-13-15(3-6-20(19)26-23(24)29)7-10-28-11-8-16(9-12-28)22-18-5-4-17(25)14-21(18)30-27-22;/h3-6,13-14,16H,7-12H2,1-2H3,(H,26,29);1H. The lowest BCUT2D eigenvalue weighted by Gasteiger charge is -2.31. The van der Waals surface area contributed by atoms with Crippen LogP contribution < -0.4 is 5.32 Å². The van der Waals surface area contributed by atoms with Crippen molar-refractivity contribution in [1.29, 1.82) is 0 Å². The maximum absolute atomic E-state index is 13.4. The highest BCUT2D eigenvalue weighted by Gasteiger charge is 2.38. The second-order valence-electron chi connectivity index (χ2n) is 9.03. The van der Waals surface area contributed by atoms with E-state index >= 15 is 0 Å². The van der Waals surface area contributed by atoms with Crippen molar-refractivity contribution in [2.45, 2.75) is 44.4 Å². The van der Waals surface area contributed by atoms with Gasteiger partial charge < -0.3 is 14.7 Å². The lowest BCUT2D eigenvalue weighted by Crippen LogP contribution is -2.34. The molecule has 164 valence electrons. The Bertz CT molecular complexity index is 1120.